The minimum Gasteiger partial charge on any atom is -0.399 e. The minimum atomic E-state index is -3.56. The third-order valence-electron chi connectivity index (χ3n) is 5.69. The average Bonchev–Trinajstić information content (AvgIpc) is 3.09. The van der Waals surface area contributed by atoms with Crippen LogP contribution in [0.15, 0.2) is 17.6 Å². The molecular formula is C17H28BN3O5S. The highest BCUT2D eigenvalue weighted by atomic mass is 32.2. The van der Waals surface area contributed by atoms with Crippen molar-refractivity contribution in [1.29, 1.82) is 0 Å². The normalized spacial score (nSPS) is 25.2. The van der Waals surface area contributed by atoms with E-state index in [2.05, 4.69) is 14.9 Å². The van der Waals surface area contributed by atoms with Crippen molar-refractivity contribution in [3.63, 3.8) is 0 Å². The molecule has 0 saturated carbocycles. The van der Waals surface area contributed by atoms with Crippen molar-refractivity contribution in [1.82, 2.24) is 14.9 Å². The molecule has 0 spiro atoms. The lowest BCUT2D eigenvalue weighted by Crippen LogP contribution is -2.41. The zero-order chi connectivity index (χ0) is 19.9. The second kappa shape index (κ2) is 7.40. The molecule has 0 aromatic carbocycles. The van der Waals surface area contributed by atoms with Crippen LogP contribution in [-0.4, -0.2) is 78.7 Å². The summed E-state index contributed by atoms with van der Waals surface area (Å²) >= 11 is 0. The number of aromatic nitrogens is 2. The molecule has 2 saturated heterocycles. The Hall–Kier alpha value is -1.07. The molecule has 10 heteroatoms. The molecule has 0 radical (unpaired) electrons. The first-order valence-electron chi connectivity index (χ1n) is 9.28. The van der Waals surface area contributed by atoms with Crippen molar-refractivity contribution in [3.05, 3.63) is 12.4 Å². The average molecular weight is 397 g/mol. The number of β-amino-alcohol motifs (C(OH)–C–C–N with tert-alkyl or cyclic N) is 1. The Bertz CT molecular complexity index is 753. The zero-order valence-electron chi connectivity index (χ0n) is 16.4. The van der Waals surface area contributed by atoms with E-state index >= 15 is 0 Å². The Kier molecular flexibility index (Phi) is 5.66. The van der Waals surface area contributed by atoms with Crippen LogP contribution in [0.4, 0.5) is 0 Å². The van der Waals surface area contributed by atoms with E-state index in [-0.39, 0.29) is 23.4 Å². The molecule has 2 aliphatic heterocycles. The Morgan fingerprint density at radius 3 is 2.37 bits per heavy atom. The van der Waals surface area contributed by atoms with Crippen LogP contribution in [0.1, 0.15) is 34.1 Å². The van der Waals surface area contributed by atoms with Crippen molar-refractivity contribution >= 4 is 22.4 Å². The van der Waals surface area contributed by atoms with Crippen LogP contribution in [0, 0.1) is 5.92 Å². The molecule has 3 heterocycles. The SMILES string of the molecule is CC1(C)OB(c2cnc(S(=O)(=O)C[C@H]3CCN(CCO)C3)nc2)OC1(C)C. The molecule has 3 rings (SSSR count). The summed E-state index contributed by atoms with van der Waals surface area (Å²) in [4.78, 5) is 10.2. The molecule has 0 amide bonds. The lowest BCUT2D eigenvalue weighted by Gasteiger charge is -2.32. The van der Waals surface area contributed by atoms with Crippen LogP contribution < -0.4 is 5.46 Å². The van der Waals surface area contributed by atoms with Crippen molar-refractivity contribution in [2.45, 2.75) is 50.5 Å². The van der Waals surface area contributed by atoms with Gasteiger partial charge in [0.15, 0.2) is 0 Å². The van der Waals surface area contributed by atoms with Gasteiger partial charge in [-0.05, 0) is 46.6 Å². The molecule has 150 valence electrons. The van der Waals surface area contributed by atoms with E-state index in [0.29, 0.717) is 18.6 Å². The van der Waals surface area contributed by atoms with Gasteiger partial charge in [-0.3, -0.25) is 0 Å². The Labute approximate surface area is 161 Å². The standard InChI is InChI=1S/C17H28BN3O5S/c1-16(2)17(3,4)26-18(25-16)14-9-19-15(20-10-14)27(23,24)12-13-5-6-21(11-13)7-8-22/h9-10,13,22H,5-8,11-12H2,1-4H3/t13-/m0/s1. The van der Waals surface area contributed by atoms with Crippen molar-refractivity contribution in [2.24, 2.45) is 5.92 Å². The second-order valence-electron chi connectivity index (χ2n) is 8.35. The van der Waals surface area contributed by atoms with Crippen LogP contribution in [0.25, 0.3) is 0 Å². The molecule has 0 aliphatic carbocycles. The first-order valence-corrected chi connectivity index (χ1v) is 10.9. The highest BCUT2D eigenvalue weighted by Crippen LogP contribution is 2.36. The maximum atomic E-state index is 12.6. The van der Waals surface area contributed by atoms with E-state index in [4.69, 9.17) is 14.4 Å². The molecular weight excluding hydrogens is 369 g/mol. The Balaban J connectivity index is 1.66. The van der Waals surface area contributed by atoms with Gasteiger partial charge < -0.3 is 19.3 Å². The van der Waals surface area contributed by atoms with Gasteiger partial charge in [-0.1, -0.05) is 0 Å². The number of hydrogen-bond donors (Lipinski definition) is 1. The number of rotatable bonds is 6. The number of sulfone groups is 1. The topological polar surface area (TPSA) is 102 Å². The van der Waals surface area contributed by atoms with Crippen LogP contribution in [0.2, 0.25) is 0 Å². The summed E-state index contributed by atoms with van der Waals surface area (Å²) in [6, 6.07) is 0. The highest BCUT2D eigenvalue weighted by Gasteiger charge is 2.52. The summed E-state index contributed by atoms with van der Waals surface area (Å²) < 4.78 is 37.2. The third kappa shape index (κ3) is 4.35. The molecule has 27 heavy (non-hydrogen) atoms. The monoisotopic (exact) mass is 397 g/mol. The predicted octanol–water partition coefficient (Wildman–Crippen LogP) is -0.136. The van der Waals surface area contributed by atoms with E-state index < -0.39 is 28.2 Å². The van der Waals surface area contributed by atoms with E-state index in [9.17, 15) is 8.42 Å². The maximum absolute atomic E-state index is 12.6. The second-order valence-corrected chi connectivity index (χ2v) is 10.3. The number of likely N-dealkylation sites (tertiary alicyclic amines) is 1. The quantitative estimate of drug-likeness (QED) is 0.523. The van der Waals surface area contributed by atoms with Crippen molar-refractivity contribution in [3.8, 4) is 0 Å². The number of aliphatic hydroxyl groups excluding tert-OH is 1. The van der Waals surface area contributed by atoms with Crippen LogP contribution in [0.5, 0.6) is 0 Å². The molecule has 1 aromatic heterocycles. The Morgan fingerprint density at radius 1 is 1.22 bits per heavy atom. The summed E-state index contributed by atoms with van der Waals surface area (Å²) in [7, 11) is -4.18. The first-order chi connectivity index (χ1) is 12.5. The molecule has 1 N–H and O–H groups in total. The number of hydrogen-bond acceptors (Lipinski definition) is 8. The minimum absolute atomic E-state index is 0.0186. The van der Waals surface area contributed by atoms with Gasteiger partial charge in [-0.25, -0.2) is 18.4 Å². The van der Waals surface area contributed by atoms with Gasteiger partial charge in [0.2, 0.25) is 15.0 Å². The lowest BCUT2D eigenvalue weighted by molar-refractivity contribution is 0.00578. The molecule has 0 bridgehead atoms. The smallest absolute Gasteiger partial charge is 0.399 e. The molecule has 1 atom stereocenters. The summed E-state index contributed by atoms with van der Waals surface area (Å²) in [6.45, 7) is 9.96. The summed E-state index contributed by atoms with van der Waals surface area (Å²) in [5.41, 5.74) is -0.362. The largest absolute Gasteiger partial charge is 0.498 e. The summed E-state index contributed by atoms with van der Waals surface area (Å²) in [6.07, 6.45) is 3.73. The van der Waals surface area contributed by atoms with Gasteiger partial charge in [0.25, 0.3) is 0 Å². The van der Waals surface area contributed by atoms with Gasteiger partial charge in [-0.15, -0.1) is 0 Å². The van der Waals surface area contributed by atoms with Gasteiger partial charge in [0, 0.05) is 30.9 Å². The van der Waals surface area contributed by atoms with Gasteiger partial charge in [0.1, 0.15) is 0 Å². The fraction of sp³-hybridized carbons (Fsp3) is 0.765. The predicted molar refractivity (Wildman–Crippen MR) is 101 cm³/mol. The van der Waals surface area contributed by atoms with E-state index in [1.807, 2.05) is 27.7 Å². The molecule has 2 fully saturated rings. The van der Waals surface area contributed by atoms with Crippen LogP contribution in [0.3, 0.4) is 0 Å². The van der Waals surface area contributed by atoms with Gasteiger partial charge >= 0.3 is 7.12 Å². The summed E-state index contributed by atoms with van der Waals surface area (Å²) in [5.74, 6) is 0.0537. The lowest BCUT2D eigenvalue weighted by atomic mass is 9.81. The Morgan fingerprint density at radius 2 is 1.81 bits per heavy atom. The van der Waals surface area contributed by atoms with Crippen molar-refractivity contribution in [2.75, 3.05) is 32.0 Å². The maximum Gasteiger partial charge on any atom is 0.498 e. The fourth-order valence-electron chi connectivity index (χ4n) is 3.37. The first kappa shape index (κ1) is 20.7. The third-order valence-corrected chi connectivity index (χ3v) is 7.37. The van der Waals surface area contributed by atoms with Crippen LogP contribution >= 0.6 is 0 Å². The fourth-order valence-corrected chi connectivity index (χ4v) is 4.83. The molecule has 8 nitrogen and oxygen atoms in total. The van der Waals surface area contributed by atoms with Crippen LogP contribution in [-0.2, 0) is 19.1 Å². The van der Waals surface area contributed by atoms with E-state index in [1.54, 1.807) is 0 Å². The van der Waals surface area contributed by atoms with Gasteiger partial charge in [-0.2, -0.15) is 0 Å². The van der Waals surface area contributed by atoms with Crippen molar-refractivity contribution < 1.29 is 22.8 Å². The van der Waals surface area contributed by atoms with E-state index in [0.717, 1.165) is 13.0 Å². The zero-order valence-corrected chi connectivity index (χ0v) is 17.2. The molecule has 1 aromatic rings. The van der Waals surface area contributed by atoms with Gasteiger partial charge in [0.05, 0.1) is 23.6 Å². The highest BCUT2D eigenvalue weighted by molar-refractivity contribution is 7.91. The number of aliphatic hydroxyl groups is 1. The number of nitrogens with zero attached hydrogens (tertiary/aromatic N) is 3. The summed E-state index contributed by atoms with van der Waals surface area (Å²) in [5, 5.41) is 8.84. The molecule has 2 aliphatic rings. The van der Waals surface area contributed by atoms with E-state index in [1.165, 1.54) is 12.4 Å². The molecule has 0 unspecified atom stereocenters.